The number of ether oxygens (including phenoxy) is 1. The molecule has 0 spiro atoms. The van der Waals surface area contributed by atoms with Crippen LogP contribution in [0.4, 0.5) is 0 Å². The van der Waals surface area contributed by atoms with Crippen LogP contribution in [0.3, 0.4) is 0 Å². The van der Waals surface area contributed by atoms with Crippen molar-refractivity contribution in [1.29, 1.82) is 0 Å². The lowest BCUT2D eigenvalue weighted by Gasteiger charge is -2.27. The van der Waals surface area contributed by atoms with E-state index < -0.39 is 20.0 Å². The van der Waals surface area contributed by atoms with Crippen LogP contribution in [0.5, 0.6) is 0 Å². The summed E-state index contributed by atoms with van der Waals surface area (Å²) in [6.45, 7) is 6.81. The van der Waals surface area contributed by atoms with Gasteiger partial charge in [-0.25, -0.2) is 4.57 Å². The van der Waals surface area contributed by atoms with E-state index in [0.29, 0.717) is 23.9 Å². The van der Waals surface area contributed by atoms with E-state index in [1.165, 1.54) is 161 Å². The van der Waals surface area contributed by atoms with Crippen LogP contribution in [0.25, 0.3) is 0 Å². The second kappa shape index (κ2) is 61.5. The Labute approximate surface area is 512 Å². The number of esters is 1. The Morgan fingerprint density at radius 1 is 0.446 bits per heavy atom. The van der Waals surface area contributed by atoms with E-state index in [0.717, 1.165) is 77.0 Å². The summed E-state index contributed by atoms with van der Waals surface area (Å²) in [5.74, 6) is -0.559. The number of quaternary nitrogens is 1. The number of nitrogens with one attached hydrogen (secondary N) is 1. The molecule has 0 saturated heterocycles. The molecule has 0 saturated carbocycles. The summed E-state index contributed by atoms with van der Waals surface area (Å²) in [7, 11) is 1.46. The van der Waals surface area contributed by atoms with Crippen LogP contribution < -0.4 is 5.32 Å². The molecule has 0 heterocycles. The Morgan fingerprint density at radius 3 is 1.30 bits per heavy atom. The SMILES string of the molecule is CC\C=C/C=C/C=C/C=C\C=C\C=C\CCCCCC(=O)OC(/C=C\CCCCCCCCCCCCC)C(COP(=O)(O)OCC[N+](C)(C)C)NC(=O)CCCCCCCCCCCCCCCC/C=C\C/C=C\C/C=C\CCCCC. The van der Waals surface area contributed by atoms with Gasteiger partial charge in [-0.15, -0.1) is 0 Å². The summed E-state index contributed by atoms with van der Waals surface area (Å²) in [5, 5.41) is 3.05. The van der Waals surface area contributed by atoms with Crippen molar-refractivity contribution < 1.29 is 37.3 Å². The van der Waals surface area contributed by atoms with Gasteiger partial charge in [-0.3, -0.25) is 18.6 Å². The molecule has 1 amide bonds. The molecule has 0 aliphatic rings. The molecule has 0 aliphatic carbocycles. The molecule has 9 nitrogen and oxygen atoms in total. The van der Waals surface area contributed by atoms with Crippen molar-refractivity contribution in [1.82, 2.24) is 5.32 Å². The van der Waals surface area contributed by atoms with Crippen molar-refractivity contribution in [3.05, 3.63) is 122 Å². The minimum Gasteiger partial charge on any atom is -0.456 e. The first-order valence-electron chi connectivity index (χ1n) is 33.9. The van der Waals surface area contributed by atoms with Crippen LogP contribution in [-0.4, -0.2) is 74.3 Å². The zero-order valence-electron chi connectivity index (χ0n) is 54.4. The zero-order chi connectivity index (χ0) is 60.7. The number of carbonyl (C=O) groups is 2. The van der Waals surface area contributed by atoms with Crippen molar-refractivity contribution in [2.45, 2.75) is 290 Å². The minimum atomic E-state index is -4.47. The normalized spacial score (nSPS) is 14.3. The van der Waals surface area contributed by atoms with E-state index in [9.17, 15) is 19.0 Å². The molecular formula is C73H128N2O7P+. The van der Waals surface area contributed by atoms with Gasteiger partial charge in [0, 0.05) is 12.8 Å². The number of unbranched alkanes of at least 4 members (excludes halogenated alkanes) is 31. The quantitative estimate of drug-likeness (QED) is 0.0156. The molecule has 3 unspecified atom stereocenters. The van der Waals surface area contributed by atoms with Crippen LogP contribution in [0.2, 0.25) is 0 Å². The van der Waals surface area contributed by atoms with Gasteiger partial charge in [-0.1, -0.05) is 297 Å². The second-order valence-electron chi connectivity index (χ2n) is 23.8. The van der Waals surface area contributed by atoms with Gasteiger partial charge in [-0.2, -0.15) is 0 Å². The molecule has 0 fully saturated rings. The molecule has 0 radical (unpaired) electrons. The van der Waals surface area contributed by atoms with Crippen LogP contribution in [-0.2, 0) is 27.9 Å². The van der Waals surface area contributed by atoms with Gasteiger partial charge >= 0.3 is 13.8 Å². The molecule has 0 aromatic carbocycles. The summed E-state index contributed by atoms with van der Waals surface area (Å²) >= 11 is 0. The average Bonchev–Trinajstić information content (AvgIpc) is 3.47. The number of phosphoric ester groups is 1. The Hall–Kier alpha value is -3.59. The highest BCUT2D eigenvalue weighted by atomic mass is 31.2. The molecule has 0 aromatic heterocycles. The van der Waals surface area contributed by atoms with Crippen molar-refractivity contribution in [2.24, 2.45) is 0 Å². The molecule has 3 atom stereocenters. The first-order chi connectivity index (χ1) is 40.4. The van der Waals surface area contributed by atoms with Crippen molar-refractivity contribution in [3.63, 3.8) is 0 Å². The summed E-state index contributed by atoms with van der Waals surface area (Å²) in [4.78, 5) is 37.8. The van der Waals surface area contributed by atoms with Gasteiger partial charge in [0.1, 0.15) is 19.3 Å². The van der Waals surface area contributed by atoms with Gasteiger partial charge in [0.25, 0.3) is 0 Å². The van der Waals surface area contributed by atoms with Gasteiger partial charge in [0.05, 0.1) is 33.8 Å². The Kier molecular flexibility index (Phi) is 58.8. The lowest BCUT2D eigenvalue weighted by Crippen LogP contribution is -2.47. The fourth-order valence-electron chi connectivity index (χ4n) is 9.33. The lowest BCUT2D eigenvalue weighted by atomic mass is 10.0. The summed E-state index contributed by atoms with van der Waals surface area (Å²) in [6, 6.07) is -0.876. The van der Waals surface area contributed by atoms with Crippen LogP contribution in [0, 0.1) is 0 Å². The predicted molar refractivity (Wildman–Crippen MR) is 360 cm³/mol. The van der Waals surface area contributed by atoms with Gasteiger partial charge in [0.2, 0.25) is 5.91 Å². The number of phosphoric acid groups is 1. The van der Waals surface area contributed by atoms with E-state index in [2.05, 4.69) is 74.7 Å². The second-order valence-corrected chi connectivity index (χ2v) is 25.2. The third kappa shape index (κ3) is 62.8. The standard InChI is InChI=1S/C73H127N2O7P/c1-7-10-13-16-19-22-25-28-30-32-33-34-35-36-37-38-39-40-41-43-44-47-50-53-56-59-62-65-72(76)74-70(69-81-83(78,79)80-68-67-75(4,5)6)71(64-61-58-55-52-49-46-27-24-21-18-15-12-9-3)82-73(77)66-63-60-57-54-51-48-45-42-31-29-26-23-20-17-14-11-8-2/h11,14,17,19-20,22-23,26,28-31,33-34,42,45,48,51,61,64,70-71H,7-10,12-13,15-16,18,21,24-25,27,32,35-41,43-44,46-47,49-50,52-60,62-63,65-69H2,1-6H3,(H-,74,76,78,79)/p+1/b14-11-,20-17+,22-19-,26-23+,30-28-,31-29-,34-33-,45-42+,51-48+,64-61-. The maximum atomic E-state index is 13.6. The maximum absolute atomic E-state index is 13.6. The monoisotopic (exact) mass is 1180 g/mol. The van der Waals surface area contributed by atoms with E-state index in [1.54, 1.807) is 0 Å². The number of likely N-dealkylation sites (N-methyl/N-ethyl adjacent to an activating group) is 1. The molecule has 476 valence electrons. The van der Waals surface area contributed by atoms with Crippen molar-refractivity contribution >= 4 is 19.7 Å². The summed E-state index contributed by atoms with van der Waals surface area (Å²) in [6.07, 6.45) is 86.3. The third-order valence-corrected chi connectivity index (χ3v) is 15.5. The number of rotatable bonds is 60. The molecule has 2 N–H and O–H groups in total. The van der Waals surface area contributed by atoms with E-state index in [4.69, 9.17) is 13.8 Å². The van der Waals surface area contributed by atoms with Crippen molar-refractivity contribution in [2.75, 3.05) is 40.9 Å². The number of amides is 1. The molecule has 0 rings (SSSR count). The zero-order valence-corrected chi connectivity index (χ0v) is 55.3. The van der Waals surface area contributed by atoms with E-state index in [-0.39, 0.29) is 31.5 Å². The number of carbonyl (C=O) groups excluding carboxylic acids is 2. The largest absolute Gasteiger partial charge is 0.472 e. The number of hydrogen-bond acceptors (Lipinski definition) is 6. The molecule has 0 aromatic rings. The molecule has 0 bridgehead atoms. The smallest absolute Gasteiger partial charge is 0.456 e. The van der Waals surface area contributed by atoms with Gasteiger partial charge < -0.3 is 19.4 Å². The average molecular weight is 1180 g/mol. The van der Waals surface area contributed by atoms with Gasteiger partial charge in [0.15, 0.2) is 0 Å². The highest BCUT2D eigenvalue weighted by Gasteiger charge is 2.30. The van der Waals surface area contributed by atoms with Crippen molar-refractivity contribution in [3.8, 4) is 0 Å². The van der Waals surface area contributed by atoms with Gasteiger partial charge in [-0.05, 0) is 89.5 Å². The lowest BCUT2D eigenvalue weighted by molar-refractivity contribution is -0.870. The third-order valence-electron chi connectivity index (χ3n) is 14.5. The topological polar surface area (TPSA) is 111 Å². The number of hydrogen-bond donors (Lipinski definition) is 2. The molecular weight excluding hydrogens is 1050 g/mol. The Bertz CT molecular complexity index is 1830. The predicted octanol–water partition coefficient (Wildman–Crippen LogP) is 21.4. The highest BCUT2D eigenvalue weighted by molar-refractivity contribution is 7.47. The molecule has 10 heteroatoms. The summed E-state index contributed by atoms with van der Waals surface area (Å²) < 4.78 is 30.7. The maximum Gasteiger partial charge on any atom is 0.472 e. The molecule has 83 heavy (non-hydrogen) atoms. The summed E-state index contributed by atoms with van der Waals surface area (Å²) in [5.41, 5.74) is 0. The van der Waals surface area contributed by atoms with E-state index >= 15 is 0 Å². The Balaban J connectivity index is 5.16. The van der Waals surface area contributed by atoms with Crippen LogP contribution in [0.1, 0.15) is 278 Å². The molecule has 0 aliphatic heterocycles. The number of nitrogens with zero attached hydrogens (tertiary/aromatic N) is 1. The number of allylic oxidation sites excluding steroid dienone is 19. The Morgan fingerprint density at radius 2 is 0.819 bits per heavy atom. The van der Waals surface area contributed by atoms with E-state index in [1.807, 2.05) is 94.1 Å². The fourth-order valence-corrected chi connectivity index (χ4v) is 10.1. The first kappa shape index (κ1) is 79.4. The minimum absolute atomic E-state index is 0.0268. The van der Waals surface area contributed by atoms with Crippen LogP contribution >= 0.6 is 7.82 Å². The highest BCUT2D eigenvalue weighted by Crippen LogP contribution is 2.43. The van der Waals surface area contributed by atoms with Crippen LogP contribution in [0.15, 0.2) is 122 Å². The fraction of sp³-hybridized carbons (Fsp3) is 0.699. The first-order valence-corrected chi connectivity index (χ1v) is 35.4.